The largest absolute Gasteiger partial charge is 0.468 e. The average molecular weight is 306 g/mol. The van der Waals surface area contributed by atoms with Gasteiger partial charge in [-0.3, -0.25) is 19.4 Å². The Balaban J connectivity index is 2.11. The molecule has 2 amide bonds. The van der Waals surface area contributed by atoms with Crippen molar-refractivity contribution in [1.82, 2.24) is 10.4 Å². The molecule has 1 aliphatic rings. The van der Waals surface area contributed by atoms with Gasteiger partial charge in [-0.25, -0.2) is 5.43 Å². The molecule has 1 heterocycles. The maximum atomic E-state index is 12.3. The van der Waals surface area contributed by atoms with Crippen LogP contribution in [0.5, 0.6) is 0 Å². The number of ether oxygens (including phenoxy) is 1. The number of methoxy groups -OCH3 is 1. The number of fused-ring (bicyclic) bond motifs is 1. The first kappa shape index (κ1) is 15.8. The van der Waals surface area contributed by atoms with Crippen LogP contribution in [0.4, 0.5) is 5.69 Å². The standard InChI is InChI=1S/C14H18N4O4/c1-22-14(21)11(5-6-12(16)19)17-18-7-9-8(13(18)20)3-2-4-10(9)15/h2-4,11,17H,5-7,15H2,1H3,(H2,16,19). The molecule has 5 N–H and O–H groups in total. The van der Waals surface area contributed by atoms with E-state index in [9.17, 15) is 14.4 Å². The minimum absolute atomic E-state index is 0.00385. The molecule has 0 bridgehead atoms. The molecule has 1 atom stereocenters. The summed E-state index contributed by atoms with van der Waals surface area (Å²) in [5, 5.41) is 1.30. The molecule has 0 saturated heterocycles. The second-order valence-corrected chi connectivity index (χ2v) is 4.97. The minimum Gasteiger partial charge on any atom is -0.468 e. The summed E-state index contributed by atoms with van der Waals surface area (Å²) < 4.78 is 4.67. The zero-order valence-electron chi connectivity index (χ0n) is 12.2. The smallest absolute Gasteiger partial charge is 0.324 e. The number of carbonyl (C=O) groups is 3. The summed E-state index contributed by atoms with van der Waals surface area (Å²) in [4.78, 5) is 34.9. The number of hydrogen-bond donors (Lipinski definition) is 3. The highest BCUT2D eigenvalue weighted by Gasteiger charge is 2.32. The minimum atomic E-state index is -0.836. The second-order valence-electron chi connectivity index (χ2n) is 4.97. The van der Waals surface area contributed by atoms with Gasteiger partial charge in [-0.05, 0) is 18.6 Å². The topological polar surface area (TPSA) is 128 Å². The molecule has 1 aliphatic heterocycles. The number of benzene rings is 1. The molecule has 1 aromatic carbocycles. The predicted octanol–water partition coefficient (Wildman–Crippen LogP) is -0.464. The van der Waals surface area contributed by atoms with Crippen LogP contribution in [0.3, 0.4) is 0 Å². The number of rotatable bonds is 6. The van der Waals surface area contributed by atoms with Crippen molar-refractivity contribution in [2.75, 3.05) is 12.8 Å². The van der Waals surface area contributed by atoms with Crippen LogP contribution in [0.2, 0.25) is 0 Å². The van der Waals surface area contributed by atoms with Gasteiger partial charge in [-0.1, -0.05) is 6.07 Å². The molecule has 2 rings (SSSR count). The normalized spacial score (nSPS) is 14.6. The van der Waals surface area contributed by atoms with Crippen LogP contribution in [-0.2, 0) is 20.9 Å². The van der Waals surface area contributed by atoms with Crippen LogP contribution >= 0.6 is 0 Å². The highest BCUT2D eigenvalue weighted by Crippen LogP contribution is 2.26. The Morgan fingerprint density at radius 1 is 1.45 bits per heavy atom. The highest BCUT2D eigenvalue weighted by molar-refractivity contribution is 5.99. The summed E-state index contributed by atoms with van der Waals surface area (Å²) in [7, 11) is 1.24. The van der Waals surface area contributed by atoms with Crippen molar-refractivity contribution >= 4 is 23.5 Å². The highest BCUT2D eigenvalue weighted by atomic mass is 16.5. The Morgan fingerprint density at radius 2 is 2.18 bits per heavy atom. The zero-order chi connectivity index (χ0) is 16.3. The monoisotopic (exact) mass is 306 g/mol. The predicted molar refractivity (Wildman–Crippen MR) is 78.1 cm³/mol. The van der Waals surface area contributed by atoms with Gasteiger partial charge in [0.25, 0.3) is 5.91 Å². The van der Waals surface area contributed by atoms with E-state index in [0.29, 0.717) is 16.8 Å². The van der Waals surface area contributed by atoms with E-state index in [1.807, 2.05) is 0 Å². The number of anilines is 1. The number of carbonyl (C=O) groups excluding carboxylic acids is 3. The van der Waals surface area contributed by atoms with Gasteiger partial charge >= 0.3 is 5.97 Å². The van der Waals surface area contributed by atoms with Crippen molar-refractivity contribution in [3.05, 3.63) is 29.3 Å². The van der Waals surface area contributed by atoms with Crippen molar-refractivity contribution in [3.63, 3.8) is 0 Å². The quantitative estimate of drug-likeness (QED) is 0.482. The van der Waals surface area contributed by atoms with E-state index >= 15 is 0 Å². The number of nitrogens with two attached hydrogens (primary N) is 2. The molecule has 0 aliphatic carbocycles. The van der Waals surface area contributed by atoms with E-state index in [-0.39, 0.29) is 25.3 Å². The lowest BCUT2D eigenvalue weighted by Crippen LogP contribution is -2.49. The van der Waals surface area contributed by atoms with Crippen LogP contribution in [0.1, 0.15) is 28.8 Å². The third kappa shape index (κ3) is 3.17. The van der Waals surface area contributed by atoms with Gasteiger partial charge in [0.05, 0.1) is 13.7 Å². The van der Waals surface area contributed by atoms with Gasteiger partial charge in [-0.15, -0.1) is 0 Å². The van der Waals surface area contributed by atoms with Gasteiger partial charge in [0, 0.05) is 23.2 Å². The van der Waals surface area contributed by atoms with E-state index in [2.05, 4.69) is 10.2 Å². The van der Waals surface area contributed by atoms with E-state index in [4.69, 9.17) is 11.5 Å². The summed E-state index contributed by atoms with van der Waals surface area (Å²) in [5.74, 6) is -1.38. The molecule has 0 fully saturated rings. The molecule has 8 nitrogen and oxygen atoms in total. The van der Waals surface area contributed by atoms with Gasteiger partial charge in [-0.2, -0.15) is 0 Å². The van der Waals surface area contributed by atoms with Gasteiger partial charge in [0.1, 0.15) is 6.04 Å². The molecule has 1 unspecified atom stereocenters. The molecule has 0 spiro atoms. The second kappa shape index (κ2) is 6.44. The summed E-state index contributed by atoms with van der Waals surface area (Å²) >= 11 is 0. The maximum absolute atomic E-state index is 12.3. The molecule has 0 saturated carbocycles. The van der Waals surface area contributed by atoms with Gasteiger partial charge in [0.15, 0.2) is 0 Å². The van der Waals surface area contributed by atoms with E-state index in [1.54, 1.807) is 18.2 Å². The third-order valence-electron chi connectivity index (χ3n) is 3.48. The van der Waals surface area contributed by atoms with E-state index in [0.717, 1.165) is 0 Å². The van der Waals surface area contributed by atoms with Crippen LogP contribution in [-0.4, -0.2) is 35.9 Å². The summed E-state index contributed by atoms with van der Waals surface area (Å²) in [6.07, 6.45) is 0.140. The number of amides is 2. The first-order chi connectivity index (χ1) is 10.4. The number of primary amides is 1. The molecule has 8 heteroatoms. The lowest BCUT2D eigenvalue weighted by Gasteiger charge is -2.23. The molecule has 22 heavy (non-hydrogen) atoms. The van der Waals surface area contributed by atoms with Crippen molar-refractivity contribution in [2.45, 2.75) is 25.4 Å². The Bertz CT molecular complexity index is 617. The molecule has 1 aromatic rings. The Labute approximate surface area is 127 Å². The summed E-state index contributed by atoms with van der Waals surface area (Å²) in [6, 6.07) is 4.24. The van der Waals surface area contributed by atoms with Crippen LogP contribution < -0.4 is 16.9 Å². The number of hydrazine groups is 1. The van der Waals surface area contributed by atoms with E-state index in [1.165, 1.54) is 12.1 Å². The number of nitrogen functional groups attached to an aromatic ring is 1. The number of esters is 1. The van der Waals surface area contributed by atoms with Crippen molar-refractivity contribution in [1.29, 1.82) is 0 Å². The fourth-order valence-electron chi connectivity index (χ4n) is 2.31. The molecule has 0 aromatic heterocycles. The van der Waals surface area contributed by atoms with Crippen molar-refractivity contribution < 1.29 is 19.1 Å². The number of hydrogen-bond acceptors (Lipinski definition) is 6. The maximum Gasteiger partial charge on any atom is 0.324 e. The third-order valence-corrected chi connectivity index (χ3v) is 3.48. The van der Waals surface area contributed by atoms with Crippen LogP contribution in [0, 0.1) is 0 Å². The Hall–Kier alpha value is -2.61. The Morgan fingerprint density at radius 3 is 2.77 bits per heavy atom. The molecule has 0 radical (unpaired) electrons. The van der Waals surface area contributed by atoms with Gasteiger partial charge in [0.2, 0.25) is 5.91 Å². The molecule has 118 valence electrons. The average Bonchev–Trinajstić information content (AvgIpc) is 2.81. The fraction of sp³-hybridized carbons (Fsp3) is 0.357. The first-order valence-electron chi connectivity index (χ1n) is 6.75. The zero-order valence-corrected chi connectivity index (χ0v) is 12.2. The first-order valence-corrected chi connectivity index (χ1v) is 6.75. The van der Waals surface area contributed by atoms with Crippen molar-refractivity contribution in [3.8, 4) is 0 Å². The SMILES string of the molecule is COC(=O)C(CCC(N)=O)NN1Cc2c(N)cccc2C1=O. The lowest BCUT2D eigenvalue weighted by atomic mass is 10.1. The molecular weight excluding hydrogens is 288 g/mol. The van der Waals surface area contributed by atoms with Crippen molar-refractivity contribution in [2.24, 2.45) is 5.73 Å². The van der Waals surface area contributed by atoms with E-state index < -0.39 is 17.9 Å². The number of nitrogens with one attached hydrogen (secondary N) is 1. The van der Waals surface area contributed by atoms with Crippen LogP contribution in [0.15, 0.2) is 18.2 Å². The fourth-order valence-corrected chi connectivity index (χ4v) is 2.31. The Kier molecular flexibility index (Phi) is 4.62. The number of nitrogens with zero attached hydrogens (tertiary/aromatic N) is 1. The summed E-state index contributed by atoms with van der Waals surface area (Å²) in [6.45, 7) is 0.241. The molecular formula is C14H18N4O4. The van der Waals surface area contributed by atoms with Crippen LogP contribution in [0.25, 0.3) is 0 Å². The van der Waals surface area contributed by atoms with Gasteiger partial charge < -0.3 is 16.2 Å². The lowest BCUT2D eigenvalue weighted by molar-refractivity contribution is -0.144. The summed E-state index contributed by atoms with van der Waals surface area (Å²) in [5.41, 5.74) is 15.4.